The molecule has 0 aliphatic carbocycles. The lowest BCUT2D eigenvalue weighted by Crippen LogP contribution is -2.19. The van der Waals surface area contributed by atoms with Gasteiger partial charge in [0.05, 0.1) is 0 Å². The van der Waals surface area contributed by atoms with Gasteiger partial charge in [-0.1, -0.05) is 19.1 Å². The summed E-state index contributed by atoms with van der Waals surface area (Å²) in [5.41, 5.74) is 2.36. The summed E-state index contributed by atoms with van der Waals surface area (Å²) in [6.45, 7) is 8.10. The lowest BCUT2D eigenvalue weighted by molar-refractivity contribution is 0.929. The molecule has 0 aliphatic heterocycles. The van der Waals surface area contributed by atoms with Crippen LogP contribution in [0.3, 0.4) is 0 Å². The predicted octanol–water partition coefficient (Wildman–Crippen LogP) is 3.76. The van der Waals surface area contributed by atoms with Crippen LogP contribution in [0.1, 0.15) is 25.8 Å². The van der Waals surface area contributed by atoms with Gasteiger partial charge in [0, 0.05) is 25.0 Å². The third-order valence-corrected chi connectivity index (χ3v) is 3.07. The first-order valence-corrected chi connectivity index (χ1v) is 7.15. The summed E-state index contributed by atoms with van der Waals surface area (Å²) in [6, 6.07) is 10.3. The minimum atomic E-state index is 0.735. The van der Waals surface area contributed by atoms with Crippen molar-refractivity contribution in [1.29, 1.82) is 0 Å². The third-order valence-electron chi connectivity index (χ3n) is 3.07. The molecule has 0 bridgehead atoms. The molecule has 4 nitrogen and oxygen atoms in total. The average molecular weight is 270 g/mol. The molecule has 2 aromatic rings. The van der Waals surface area contributed by atoms with Gasteiger partial charge in [-0.3, -0.25) is 0 Å². The van der Waals surface area contributed by atoms with Crippen molar-refractivity contribution in [2.75, 3.05) is 23.3 Å². The van der Waals surface area contributed by atoms with Gasteiger partial charge >= 0.3 is 0 Å². The van der Waals surface area contributed by atoms with Crippen molar-refractivity contribution in [2.24, 2.45) is 0 Å². The van der Waals surface area contributed by atoms with Crippen LogP contribution >= 0.6 is 0 Å². The lowest BCUT2D eigenvalue weighted by Gasteiger charge is -2.21. The Hall–Kier alpha value is -2.10. The normalized spacial score (nSPS) is 10.3. The molecule has 1 heterocycles. The van der Waals surface area contributed by atoms with Gasteiger partial charge in [0.1, 0.15) is 5.82 Å². The quantitative estimate of drug-likeness (QED) is 0.867. The summed E-state index contributed by atoms with van der Waals surface area (Å²) < 4.78 is 0. The third kappa shape index (κ3) is 3.47. The van der Waals surface area contributed by atoms with Crippen LogP contribution in [0.5, 0.6) is 0 Å². The first-order valence-electron chi connectivity index (χ1n) is 7.15. The topological polar surface area (TPSA) is 41.1 Å². The fourth-order valence-electron chi connectivity index (χ4n) is 2.07. The molecule has 1 aromatic carbocycles. The van der Waals surface area contributed by atoms with Crippen LogP contribution < -0.4 is 10.2 Å². The Morgan fingerprint density at radius 2 is 2.05 bits per heavy atom. The van der Waals surface area contributed by atoms with Gasteiger partial charge in [0.25, 0.3) is 0 Å². The van der Waals surface area contributed by atoms with Crippen molar-refractivity contribution >= 4 is 17.5 Å². The van der Waals surface area contributed by atoms with E-state index in [-0.39, 0.29) is 0 Å². The largest absolute Gasteiger partial charge is 0.370 e. The molecule has 0 saturated heterocycles. The highest BCUT2D eigenvalue weighted by molar-refractivity contribution is 5.59. The van der Waals surface area contributed by atoms with E-state index < -0.39 is 0 Å². The Balaban J connectivity index is 2.27. The van der Waals surface area contributed by atoms with E-state index in [0.717, 1.165) is 37.0 Å². The number of hydrogen-bond acceptors (Lipinski definition) is 4. The molecular weight excluding hydrogens is 248 g/mol. The summed E-state index contributed by atoms with van der Waals surface area (Å²) in [7, 11) is 0. The number of anilines is 3. The van der Waals surface area contributed by atoms with Gasteiger partial charge < -0.3 is 10.2 Å². The zero-order valence-corrected chi connectivity index (χ0v) is 12.4. The SMILES string of the molecule is CCCNc1ccnc(N(CC)c2cccc(C)c2)n1. The second-order valence-electron chi connectivity index (χ2n) is 4.75. The van der Waals surface area contributed by atoms with Crippen LogP contribution in [0, 0.1) is 6.92 Å². The second kappa shape index (κ2) is 6.89. The zero-order valence-electron chi connectivity index (χ0n) is 12.4. The highest BCUT2D eigenvalue weighted by atomic mass is 15.3. The summed E-state index contributed by atoms with van der Waals surface area (Å²) >= 11 is 0. The molecule has 0 fully saturated rings. The molecule has 1 N–H and O–H groups in total. The van der Waals surface area contributed by atoms with E-state index >= 15 is 0 Å². The molecule has 4 heteroatoms. The monoisotopic (exact) mass is 270 g/mol. The molecule has 0 spiro atoms. The fourth-order valence-corrected chi connectivity index (χ4v) is 2.07. The van der Waals surface area contributed by atoms with Gasteiger partial charge in [0.15, 0.2) is 0 Å². The Morgan fingerprint density at radius 3 is 2.75 bits per heavy atom. The number of benzene rings is 1. The molecule has 0 aliphatic rings. The van der Waals surface area contributed by atoms with Crippen LogP contribution in [-0.4, -0.2) is 23.1 Å². The molecular formula is C16H22N4. The Kier molecular flexibility index (Phi) is 4.93. The van der Waals surface area contributed by atoms with Gasteiger partial charge in [0.2, 0.25) is 5.95 Å². The highest BCUT2D eigenvalue weighted by Gasteiger charge is 2.10. The van der Waals surface area contributed by atoms with Crippen molar-refractivity contribution < 1.29 is 0 Å². The zero-order chi connectivity index (χ0) is 14.4. The van der Waals surface area contributed by atoms with E-state index in [0.29, 0.717) is 0 Å². The smallest absolute Gasteiger partial charge is 0.231 e. The van der Waals surface area contributed by atoms with E-state index in [4.69, 9.17) is 0 Å². The lowest BCUT2D eigenvalue weighted by atomic mass is 10.2. The van der Waals surface area contributed by atoms with Gasteiger partial charge in [-0.05, 0) is 44.0 Å². The van der Waals surface area contributed by atoms with Crippen molar-refractivity contribution in [3.8, 4) is 0 Å². The molecule has 0 amide bonds. The van der Waals surface area contributed by atoms with Crippen molar-refractivity contribution in [3.63, 3.8) is 0 Å². The molecule has 0 radical (unpaired) electrons. The van der Waals surface area contributed by atoms with E-state index in [2.05, 4.69) is 65.2 Å². The fraction of sp³-hybridized carbons (Fsp3) is 0.375. The average Bonchev–Trinajstić information content (AvgIpc) is 2.46. The Bertz CT molecular complexity index is 554. The highest BCUT2D eigenvalue weighted by Crippen LogP contribution is 2.23. The van der Waals surface area contributed by atoms with E-state index in [1.807, 2.05) is 6.07 Å². The number of hydrogen-bond donors (Lipinski definition) is 1. The first-order chi connectivity index (χ1) is 9.74. The van der Waals surface area contributed by atoms with Crippen LogP contribution in [0.2, 0.25) is 0 Å². The van der Waals surface area contributed by atoms with Crippen LogP contribution in [-0.2, 0) is 0 Å². The summed E-state index contributed by atoms with van der Waals surface area (Å²) in [5, 5.41) is 3.30. The molecule has 106 valence electrons. The molecule has 1 aromatic heterocycles. The number of nitrogens with one attached hydrogen (secondary N) is 1. The number of rotatable bonds is 6. The number of aromatic nitrogens is 2. The maximum atomic E-state index is 4.59. The standard InChI is InChI=1S/C16H22N4/c1-4-10-17-15-9-11-18-16(19-15)20(5-2)14-8-6-7-13(3)12-14/h6-9,11-12H,4-5,10H2,1-3H3,(H,17,18,19). The second-order valence-corrected chi connectivity index (χ2v) is 4.75. The van der Waals surface area contributed by atoms with E-state index in [1.165, 1.54) is 5.56 Å². The van der Waals surface area contributed by atoms with Crippen molar-refractivity contribution in [1.82, 2.24) is 9.97 Å². The molecule has 0 unspecified atom stereocenters. The Morgan fingerprint density at radius 1 is 1.20 bits per heavy atom. The molecule has 0 atom stereocenters. The maximum Gasteiger partial charge on any atom is 0.231 e. The minimum Gasteiger partial charge on any atom is -0.370 e. The van der Waals surface area contributed by atoms with Gasteiger partial charge in [-0.15, -0.1) is 0 Å². The molecule has 20 heavy (non-hydrogen) atoms. The summed E-state index contributed by atoms with van der Waals surface area (Å²) in [4.78, 5) is 11.1. The van der Waals surface area contributed by atoms with Gasteiger partial charge in [-0.2, -0.15) is 4.98 Å². The summed E-state index contributed by atoms with van der Waals surface area (Å²) in [6.07, 6.45) is 2.88. The van der Waals surface area contributed by atoms with E-state index in [9.17, 15) is 0 Å². The minimum absolute atomic E-state index is 0.735. The van der Waals surface area contributed by atoms with Crippen molar-refractivity contribution in [2.45, 2.75) is 27.2 Å². The predicted molar refractivity (Wildman–Crippen MR) is 84.7 cm³/mol. The van der Waals surface area contributed by atoms with Crippen LogP contribution in [0.4, 0.5) is 17.5 Å². The maximum absolute atomic E-state index is 4.59. The molecule has 0 saturated carbocycles. The van der Waals surface area contributed by atoms with Crippen molar-refractivity contribution in [3.05, 3.63) is 42.1 Å². The van der Waals surface area contributed by atoms with Crippen LogP contribution in [0.15, 0.2) is 36.5 Å². The molecule has 2 rings (SSSR count). The Labute approximate surface area is 120 Å². The van der Waals surface area contributed by atoms with E-state index in [1.54, 1.807) is 6.20 Å². The number of aryl methyl sites for hydroxylation is 1. The first kappa shape index (κ1) is 14.3. The summed E-state index contributed by atoms with van der Waals surface area (Å²) in [5.74, 6) is 1.61. The van der Waals surface area contributed by atoms with Crippen LogP contribution in [0.25, 0.3) is 0 Å². The number of nitrogens with zero attached hydrogens (tertiary/aromatic N) is 3. The van der Waals surface area contributed by atoms with Gasteiger partial charge in [-0.25, -0.2) is 4.98 Å².